The molecule has 2 saturated heterocycles. The quantitative estimate of drug-likeness (QED) is 0.145. The lowest BCUT2D eigenvalue weighted by Crippen LogP contribution is -2.63. The number of esters is 2. The normalized spacial score (nSPS) is 26.1. The van der Waals surface area contributed by atoms with E-state index >= 15 is 0 Å². The number of carbonyl (C=O) groups excluding carboxylic acids is 5. The van der Waals surface area contributed by atoms with Gasteiger partial charge in [-0.2, -0.15) is 0 Å². The maximum Gasteiger partial charge on any atom is 0.511 e. The highest BCUT2D eigenvalue weighted by Crippen LogP contribution is 2.52. The maximum absolute atomic E-state index is 13.1. The largest absolute Gasteiger partial charge is 0.511 e. The summed E-state index contributed by atoms with van der Waals surface area (Å²) in [6.45, 7) is 7.67. The van der Waals surface area contributed by atoms with Crippen LogP contribution in [0.5, 0.6) is 0 Å². The molecular weight excluding hydrogens is 552 g/mol. The molecule has 40 heavy (non-hydrogen) atoms. The van der Waals surface area contributed by atoms with Crippen molar-refractivity contribution < 1.29 is 57.5 Å². The summed E-state index contributed by atoms with van der Waals surface area (Å²) in [5, 5.41) is 12.5. The summed E-state index contributed by atoms with van der Waals surface area (Å²) in [4.78, 5) is 62.9. The number of fused-ring (bicyclic) bond motifs is 1. The van der Waals surface area contributed by atoms with Crippen molar-refractivity contribution in [2.24, 2.45) is 17.8 Å². The summed E-state index contributed by atoms with van der Waals surface area (Å²) in [5.74, 6) is -3.10. The molecule has 6 atom stereocenters. The summed E-state index contributed by atoms with van der Waals surface area (Å²) in [6.07, 6.45) is -2.55. The fourth-order valence-electron chi connectivity index (χ4n) is 4.69. The zero-order valence-electron chi connectivity index (χ0n) is 23.1. The Morgan fingerprint density at radius 1 is 1.10 bits per heavy atom. The van der Waals surface area contributed by atoms with E-state index in [1.807, 2.05) is 6.92 Å². The van der Waals surface area contributed by atoms with Gasteiger partial charge in [0.25, 0.3) is 0 Å². The van der Waals surface area contributed by atoms with Crippen LogP contribution in [0.3, 0.4) is 0 Å². The van der Waals surface area contributed by atoms with Crippen molar-refractivity contribution in [3.63, 3.8) is 0 Å². The lowest BCUT2D eigenvalue weighted by molar-refractivity contribution is -0.173. The predicted molar refractivity (Wildman–Crippen MR) is 137 cm³/mol. The lowest BCUT2D eigenvalue weighted by Gasteiger charge is -2.46. The number of amides is 2. The van der Waals surface area contributed by atoms with E-state index in [9.17, 15) is 29.1 Å². The standard InChI is InChI=1S/C25H36N2O12S/c1-6-34-25(33)39-11-38-24(32)26-9-15-16(7-8-35-15)40-20-13(4)18-17(14(5)28)21(29)27(18)19(20)23(31)37-10-36-22(30)12(2)3/h12-18,28H,6-11H2,1-5H3,(H,26,32)/t13-,14-,15?,16?,17-,18?/m1/s1. The van der Waals surface area contributed by atoms with Crippen LogP contribution in [0.2, 0.25) is 0 Å². The van der Waals surface area contributed by atoms with E-state index in [1.54, 1.807) is 20.8 Å². The van der Waals surface area contributed by atoms with E-state index in [0.717, 1.165) is 0 Å². The average Bonchev–Trinajstić information content (AvgIpc) is 3.43. The van der Waals surface area contributed by atoms with Crippen LogP contribution in [-0.2, 0) is 42.8 Å². The number of aliphatic hydroxyl groups excluding tert-OH is 1. The fourth-order valence-corrected chi connectivity index (χ4v) is 6.20. The van der Waals surface area contributed by atoms with Crippen LogP contribution in [0, 0.1) is 17.8 Å². The van der Waals surface area contributed by atoms with Gasteiger partial charge < -0.3 is 43.7 Å². The number of aliphatic hydroxyl groups is 1. The summed E-state index contributed by atoms with van der Waals surface area (Å²) < 4.78 is 29.9. The Labute approximate surface area is 236 Å². The fraction of sp³-hybridized carbons (Fsp3) is 0.720. The van der Waals surface area contributed by atoms with Crippen molar-refractivity contribution in [3.8, 4) is 0 Å². The number of β-lactam (4-membered cyclic amide) rings is 1. The Morgan fingerprint density at radius 3 is 2.45 bits per heavy atom. The third-order valence-corrected chi connectivity index (χ3v) is 8.33. The van der Waals surface area contributed by atoms with Gasteiger partial charge in [-0.1, -0.05) is 20.8 Å². The molecule has 0 saturated carbocycles. The second-order valence-corrected chi connectivity index (χ2v) is 11.0. The molecule has 3 heterocycles. The van der Waals surface area contributed by atoms with Crippen molar-refractivity contribution in [3.05, 3.63) is 10.6 Å². The SMILES string of the molecule is CCOC(=O)OCOC(=O)NCC1OCCC1SC1=C(C(=O)OCOC(=O)C(C)C)N2C(=O)[C@H]([C@@H](C)O)C2[C@H]1C. The van der Waals surface area contributed by atoms with E-state index in [2.05, 4.69) is 14.8 Å². The van der Waals surface area contributed by atoms with Gasteiger partial charge in [0.05, 0.1) is 36.7 Å². The molecule has 3 aliphatic heterocycles. The number of carbonyl (C=O) groups is 5. The average molecular weight is 589 g/mol. The summed E-state index contributed by atoms with van der Waals surface area (Å²) >= 11 is 1.35. The van der Waals surface area contributed by atoms with E-state index < -0.39 is 67.9 Å². The molecule has 0 bridgehead atoms. The first-order chi connectivity index (χ1) is 19.0. The molecular formula is C25H36N2O12S. The molecule has 15 heteroatoms. The topological polar surface area (TPSA) is 176 Å². The molecule has 0 aliphatic carbocycles. The van der Waals surface area contributed by atoms with E-state index in [1.165, 1.54) is 23.6 Å². The molecule has 224 valence electrons. The van der Waals surface area contributed by atoms with Crippen molar-refractivity contribution >= 4 is 41.9 Å². The second-order valence-electron chi connectivity index (χ2n) is 9.75. The summed E-state index contributed by atoms with van der Waals surface area (Å²) in [5.41, 5.74) is 0.0547. The number of nitrogens with zero attached hydrogens (tertiary/aromatic N) is 1. The molecule has 3 aliphatic rings. The second kappa shape index (κ2) is 14.0. The first-order valence-electron chi connectivity index (χ1n) is 13.0. The van der Waals surface area contributed by atoms with Gasteiger partial charge in [-0.05, 0) is 20.3 Å². The van der Waals surface area contributed by atoms with Crippen molar-refractivity contribution in [2.75, 3.05) is 33.3 Å². The molecule has 2 amide bonds. The van der Waals surface area contributed by atoms with Crippen molar-refractivity contribution in [1.29, 1.82) is 0 Å². The smallest absolute Gasteiger partial charge is 0.435 e. The Hall–Kier alpha value is -3.04. The molecule has 0 radical (unpaired) electrons. The summed E-state index contributed by atoms with van der Waals surface area (Å²) in [6, 6.07) is -0.427. The van der Waals surface area contributed by atoms with Crippen molar-refractivity contribution in [2.45, 2.75) is 64.5 Å². The number of hydrogen-bond acceptors (Lipinski definition) is 13. The van der Waals surface area contributed by atoms with Crippen LogP contribution in [0.4, 0.5) is 9.59 Å². The van der Waals surface area contributed by atoms with Gasteiger partial charge in [-0.25, -0.2) is 14.4 Å². The number of hydrogen-bond donors (Lipinski definition) is 2. The van der Waals surface area contributed by atoms with Gasteiger partial charge in [0.2, 0.25) is 19.5 Å². The number of rotatable bonds is 12. The molecule has 2 N–H and O–H groups in total. The summed E-state index contributed by atoms with van der Waals surface area (Å²) in [7, 11) is 0. The van der Waals surface area contributed by atoms with E-state index in [-0.39, 0.29) is 35.9 Å². The molecule has 14 nitrogen and oxygen atoms in total. The molecule has 2 fully saturated rings. The van der Waals surface area contributed by atoms with Crippen LogP contribution in [-0.4, -0.2) is 96.9 Å². The zero-order valence-corrected chi connectivity index (χ0v) is 23.9. The molecule has 0 spiro atoms. The highest BCUT2D eigenvalue weighted by Gasteiger charge is 2.60. The van der Waals surface area contributed by atoms with E-state index in [0.29, 0.717) is 17.9 Å². The van der Waals surface area contributed by atoms with Gasteiger partial charge in [0.15, 0.2) is 0 Å². The van der Waals surface area contributed by atoms with Gasteiger partial charge in [-0.3, -0.25) is 9.59 Å². The first kappa shape index (κ1) is 31.5. The number of nitrogens with one attached hydrogen (secondary N) is 1. The molecule has 0 aromatic rings. The van der Waals surface area contributed by atoms with Crippen molar-refractivity contribution in [1.82, 2.24) is 10.2 Å². The number of alkyl carbamates (subject to hydrolysis) is 1. The predicted octanol–water partition coefficient (Wildman–Crippen LogP) is 1.50. The van der Waals surface area contributed by atoms with Gasteiger partial charge >= 0.3 is 24.2 Å². The van der Waals surface area contributed by atoms with Crippen LogP contribution < -0.4 is 5.32 Å². The van der Waals surface area contributed by atoms with Crippen LogP contribution in [0.15, 0.2) is 10.6 Å². The third-order valence-electron chi connectivity index (χ3n) is 6.67. The lowest BCUT2D eigenvalue weighted by atomic mass is 9.79. The van der Waals surface area contributed by atoms with Crippen LogP contribution in [0.25, 0.3) is 0 Å². The number of ether oxygens (including phenoxy) is 6. The Kier molecular flexibility index (Phi) is 11.0. The number of thioether (sulfide) groups is 1. The Balaban J connectivity index is 1.66. The van der Waals surface area contributed by atoms with Gasteiger partial charge in [0, 0.05) is 29.2 Å². The van der Waals surface area contributed by atoms with Gasteiger partial charge in [0.1, 0.15) is 5.70 Å². The zero-order chi connectivity index (χ0) is 29.6. The maximum atomic E-state index is 13.1. The third kappa shape index (κ3) is 7.18. The Morgan fingerprint density at radius 2 is 1.80 bits per heavy atom. The molecule has 0 aromatic carbocycles. The van der Waals surface area contributed by atoms with E-state index in [4.69, 9.17) is 18.9 Å². The minimum absolute atomic E-state index is 0.0547. The molecule has 3 rings (SSSR count). The van der Waals surface area contributed by atoms with Gasteiger partial charge in [-0.15, -0.1) is 11.8 Å². The monoisotopic (exact) mass is 588 g/mol. The minimum Gasteiger partial charge on any atom is -0.435 e. The first-order valence-corrected chi connectivity index (χ1v) is 13.9. The minimum atomic E-state index is -0.960. The molecule has 3 unspecified atom stereocenters. The highest BCUT2D eigenvalue weighted by molar-refractivity contribution is 8.03. The molecule has 0 aromatic heterocycles. The highest BCUT2D eigenvalue weighted by atomic mass is 32.2. The Bertz CT molecular complexity index is 1020. The van der Waals surface area contributed by atoms with Crippen LogP contribution in [0.1, 0.15) is 41.0 Å². The van der Waals surface area contributed by atoms with Crippen LogP contribution >= 0.6 is 11.8 Å².